The molecule has 134 valence electrons. The normalized spacial score (nSPS) is 11.2. The molecule has 7 heteroatoms. The van der Waals surface area contributed by atoms with Gasteiger partial charge in [0.1, 0.15) is 0 Å². The number of likely N-dealkylation sites (N-methyl/N-ethyl adjacent to an activating group) is 1. The molecular formula is C18H19F3N2OS. The van der Waals surface area contributed by atoms with E-state index in [2.05, 4.69) is 5.32 Å². The topological polar surface area (TPSA) is 32.3 Å². The minimum atomic E-state index is -4.24. The minimum absolute atomic E-state index is 0.00628. The molecule has 0 saturated heterocycles. The predicted molar refractivity (Wildman–Crippen MR) is 96.2 cm³/mol. The summed E-state index contributed by atoms with van der Waals surface area (Å²) in [5.41, 5.74) is 1.31. The standard InChI is InChI=1S/C18H19F3N2OS/c1-2-23(14-8-4-3-5-9-14)17(24)12-22-15-10-6-7-11-16(15)25-13-18(19,20)21/h3-11,22H,2,12-13H2,1H3. The Labute approximate surface area is 149 Å². The highest BCUT2D eigenvalue weighted by Crippen LogP contribution is 2.32. The molecule has 2 rings (SSSR count). The summed E-state index contributed by atoms with van der Waals surface area (Å²) in [5, 5.41) is 2.95. The fraction of sp³-hybridized carbons (Fsp3) is 0.278. The first-order chi connectivity index (χ1) is 11.9. The predicted octanol–water partition coefficient (Wildman–Crippen LogP) is 4.81. The molecule has 0 aliphatic rings. The van der Waals surface area contributed by atoms with E-state index in [1.165, 1.54) is 0 Å². The number of carbonyl (C=O) groups excluding carboxylic acids is 1. The Hall–Kier alpha value is -2.15. The van der Waals surface area contributed by atoms with Gasteiger partial charge in [0.2, 0.25) is 5.91 Å². The Morgan fingerprint density at radius 2 is 1.72 bits per heavy atom. The maximum Gasteiger partial charge on any atom is 0.398 e. The zero-order chi connectivity index (χ0) is 18.3. The van der Waals surface area contributed by atoms with Gasteiger partial charge in [-0.25, -0.2) is 0 Å². The third-order valence-electron chi connectivity index (χ3n) is 3.39. The van der Waals surface area contributed by atoms with Crippen molar-refractivity contribution < 1.29 is 18.0 Å². The first kappa shape index (κ1) is 19.2. The second kappa shape index (κ2) is 8.80. The molecule has 0 fully saturated rings. The van der Waals surface area contributed by atoms with Crippen molar-refractivity contribution in [3.63, 3.8) is 0 Å². The number of carbonyl (C=O) groups is 1. The van der Waals surface area contributed by atoms with Crippen LogP contribution in [0, 0.1) is 0 Å². The lowest BCUT2D eigenvalue weighted by atomic mass is 10.2. The second-order valence-corrected chi connectivity index (χ2v) is 6.24. The van der Waals surface area contributed by atoms with E-state index < -0.39 is 11.9 Å². The van der Waals surface area contributed by atoms with E-state index in [9.17, 15) is 18.0 Å². The van der Waals surface area contributed by atoms with Crippen LogP contribution in [0.3, 0.4) is 0 Å². The van der Waals surface area contributed by atoms with Crippen LogP contribution in [0.25, 0.3) is 0 Å². The van der Waals surface area contributed by atoms with Crippen molar-refractivity contribution in [2.45, 2.75) is 18.0 Å². The molecule has 0 aliphatic carbocycles. The third-order valence-corrected chi connectivity index (χ3v) is 4.53. The van der Waals surface area contributed by atoms with Crippen LogP contribution in [-0.2, 0) is 4.79 Å². The molecule has 0 aliphatic heterocycles. The van der Waals surface area contributed by atoms with Crippen LogP contribution in [0.5, 0.6) is 0 Å². The molecule has 0 radical (unpaired) electrons. The summed E-state index contributed by atoms with van der Waals surface area (Å²) >= 11 is 0.704. The number of anilines is 2. The molecule has 0 heterocycles. The minimum Gasteiger partial charge on any atom is -0.375 e. The SMILES string of the molecule is CCN(C(=O)CNc1ccccc1SCC(F)(F)F)c1ccccc1. The second-order valence-electron chi connectivity index (χ2n) is 5.23. The molecule has 1 amide bonds. The molecule has 0 atom stereocenters. The maximum atomic E-state index is 12.5. The van der Waals surface area contributed by atoms with Crippen molar-refractivity contribution in [1.29, 1.82) is 0 Å². The molecule has 25 heavy (non-hydrogen) atoms. The molecule has 0 unspecified atom stereocenters. The summed E-state index contributed by atoms with van der Waals surface area (Å²) in [7, 11) is 0. The summed E-state index contributed by atoms with van der Waals surface area (Å²) in [4.78, 5) is 14.5. The largest absolute Gasteiger partial charge is 0.398 e. The first-order valence-electron chi connectivity index (χ1n) is 7.78. The van der Waals surface area contributed by atoms with Gasteiger partial charge in [-0.1, -0.05) is 30.3 Å². The molecule has 0 bridgehead atoms. The lowest BCUT2D eigenvalue weighted by molar-refractivity contribution is -0.117. The molecule has 0 spiro atoms. The number of hydrogen-bond acceptors (Lipinski definition) is 3. The van der Waals surface area contributed by atoms with Crippen molar-refractivity contribution in [3.8, 4) is 0 Å². The molecule has 2 aromatic carbocycles. The number of thioether (sulfide) groups is 1. The van der Waals surface area contributed by atoms with Crippen molar-refractivity contribution in [2.24, 2.45) is 0 Å². The van der Waals surface area contributed by atoms with Crippen LogP contribution in [-0.4, -0.2) is 30.9 Å². The monoisotopic (exact) mass is 368 g/mol. The fourth-order valence-corrected chi connectivity index (χ4v) is 3.06. The van der Waals surface area contributed by atoms with Crippen molar-refractivity contribution >= 4 is 29.0 Å². The van der Waals surface area contributed by atoms with Gasteiger partial charge < -0.3 is 10.2 Å². The molecule has 0 saturated carbocycles. The van der Waals surface area contributed by atoms with E-state index in [1.807, 2.05) is 37.3 Å². The maximum absolute atomic E-state index is 12.5. The summed E-state index contributed by atoms with van der Waals surface area (Å²) in [6.07, 6.45) is -4.24. The van der Waals surface area contributed by atoms with Gasteiger partial charge in [-0.3, -0.25) is 4.79 Å². The van der Waals surface area contributed by atoms with Gasteiger partial charge in [-0.05, 0) is 31.2 Å². The highest BCUT2D eigenvalue weighted by molar-refractivity contribution is 7.99. The summed E-state index contributed by atoms with van der Waals surface area (Å²) in [6, 6.07) is 15.9. The smallest absolute Gasteiger partial charge is 0.375 e. The highest BCUT2D eigenvalue weighted by Gasteiger charge is 2.27. The average molecular weight is 368 g/mol. The zero-order valence-corrected chi connectivity index (χ0v) is 14.5. The molecule has 0 aromatic heterocycles. The number of nitrogens with zero attached hydrogens (tertiary/aromatic N) is 1. The Morgan fingerprint density at radius 1 is 1.08 bits per heavy atom. The molecule has 2 aromatic rings. The number of amides is 1. The number of halogens is 3. The van der Waals surface area contributed by atoms with E-state index in [0.717, 1.165) is 5.69 Å². The zero-order valence-electron chi connectivity index (χ0n) is 13.7. The van der Waals surface area contributed by atoms with E-state index in [1.54, 1.807) is 29.2 Å². The lowest BCUT2D eigenvalue weighted by Crippen LogP contribution is -2.35. The van der Waals surface area contributed by atoms with Crippen LogP contribution in [0.1, 0.15) is 6.92 Å². The van der Waals surface area contributed by atoms with Gasteiger partial charge in [0.15, 0.2) is 0 Å². The lowest BCUT2D eigenvalue weighted by Gasteiger charge is -2.22. The summed E-state index contributed by atoms with van der Waals surface area (Å²) in [5.74, 6) is -1.12. The Balaban J connectivity index is 2.02. The number of hydrogen-bond donors (Lipinski definition) is 1. The van der Waals surface area contributed by atoms with Crippen molar-refractivity contribution in [3.05, 3.63) is 54.6 Å². The molecule has 1 N–H and O–H groups in total. The number of rotatable bonds is 7. The fourth-order valence-electron chi connectivity index (χ4n) is 2.28. The van der Waals surface area contributed by atoms with Crippen molar-refractivity contribution in [2.75, 3.05) is 29.1 Å². The van der Waals surface area contributed by atoms with Crippen LogP contribution >= 0.6 is 11.8 Å². The van der Waals surface area contributed by atoms with Crippen LogP contribution in [0.15, 0.2) is 59.5 Å². The van der Waals surface area contributed by atoms with Gasteiger partial charge in [-0.2, -0.15) is 13.2 Å². The van der Waals surface area contributed by atoms with Gasteiger partial charge in [0.05, 0.1) is 12.3 Å². The quantitative estimate of drug-likeness (QED) is 0.712. The van der Waals surface area contributed by atoms with Gasteiger partial charge in [0, 0.05) is 22.8 Å². The van der Waals surface area contributed by atoms with E-state index in [0.29, 0.717) is 28.9 Å². The van der Waals surface area contributed by atoms with Crippen LogP contribution in [0.2, 0.25) is 0 Å². The van der Waals surface area contributed by atoms with Gasteiger partial charge >= 0.3 is 6.18 Å². The Morgan fingerprint density at radius 3 is 2.36 bits per heavy atom. The molecular weight excluding hydrogens is 349 g/mol. The third kappa shape index (κ3) is 6.01. The number of nitrogens with one attached hydrogen (secondary N) is 1. The van der Waals surface area contributed by atoms with Crippen molar-refractivity contribution in [1.82, 2.24) is 0 Å². The first-order valence-corrected chi connectivity index (χ1v) is 8.77. The summed E-state index contributed by atoms with van der Waals surface area (Å²) < 4.78 is 37.3. The molecule has 3 nitrogen and oxygen atoms in total. The average Bonchev–Trinajstić information content (AvgIpc) is 2.60. The highest BCUT2D eigenvalue weighted by atomic mass is 32.2. The number of benzene rings is 2. The Kier molecular flexibility index (Phi) is 6.75. The van der Waals surface area contributed by atoms with Gasteiger partial charge in [0.25, 0.3) is 0 Å². The van der Waals surface area contributed by atoms with Crippen LogP contribution < -0.4 is 10.2 Å². The number of alkyl halides is 3. The van der Waals surface area contributed by atoms with Gasteiger partial charge in [-0.15, -0.1) is 11.8 Å². The van der Waals surface area contributed by atoms with E-state index in [4.69, 9.17) is 0 Å². The Bertz CT molecular complexity index is 692. The van der Waals surface area contributed by atoms with E-state index >= 15 is 0 Å². The van der Waals surface area contributed by atoms with Crippen LogP contribution in [0.4, 0.5) is 24.5 Å². The van der Waals surface area contributed by atoms with E-state index in [-0.39, 0.29) is 12.5 Å². The summed E-state index contributed by atoms with van der Waals surface area (Å²) in [6.45, 7) is 2.39. The number of para-hydroxylation sites is 2.